The second kappa shape index (κ2) is 4.48. The average Bonchev–Trinajstić information content (AvgIpc) is 2.05. The van der Waals surface area contributed by atoms with Crippen LogP contribution in [0.1, 0.15) is 40.0 Å². The van der Waals surface area contributed by atoms with Crippen LogP contribution >= 0.6 is 0 Å². The number of piperidine rings is 1. The highest BCUT2D eigenvalue weighted by atomic mass is 15.2. The minimum absolute atomic E-state index is 0.621. The molecular weight excluding hydrogens is 148 g/mol. The standard InChI is InChI=1S/C10H20N2/c1-4-11-10-7-5-6-8-12(10)9(2)3/h9H,4-8H2,1-3H3/b11-10+. The molecule has 0 bridgehead atoms. The van der Waals surface area contributed by atoms with Crippen molar-refractivity contribution in [2.45, 2.75) is 46.1 Å². The number of aliphatic imine (C=N–C) groups is 1. The van der Waals surface area contributed by atoms with E-state index in [1.54, 1.807) is 0 Å². The van der Waals surface area contributed by atoms with E-state index < -0.39 is 0 Å². The number of rotatable bonds is 2. The smallest absolute Gasteiger partial charge is 0.0991 e. The van der Waals surface area contributed by atoms with Crippen molar-refractivity contribution in [3.05, 3.63) is 0 Å². The summed E-state index contributed by atoms with van der Waals surface area (Å²) in [5.74, 6) is 1.33. The van der Waals surface area contributed by atoms with Crippen molar-refractivity contribution < 1.29 is 0 Å². The molecule has 1 aliphatic heterocycles. The normalized spacial score (nSPS) is 22.3. The molecule has 2 nitrogen and oxygen atoms in total. The average molecular weight is 168 g/mol. The topological polar surface area (TPSA) is 15.6 Å². The number of amidine groups is 1. The highest BCUT2D eigenvalue weighted by Gasteiger charge is 2.17. The number of likely N-dealkylation sites (tertiary alicyclic amines) is 1. The van der Waals surface area contributed by atoms with Gasteiger partial charge in [0.1, 0.15) is 0 Å². The Labute approximate surface area is 75.7 Å². The predicted molar refractivity (Wildman–Crippen MR) is 53.7 cm³/mol. The third-order valence-electron chi connectivity index (χ3n) is 2.34. The van der Waals surface area contributed by atoms with E-state index in [9.17, 15) is 0 Å². The summed E-state index contributed by atoms with van der Waals surface area (Å²) in [7, 11) is 0. The molecule has 0 saturated carbocycles. The fourth-order valence-corrected chi connectivity index (χ4v) is 1.75. The third kappa shape index (κ3) is 2.23. The Morgan fingerprint density at radius 3 is 2.75 bits per heavy atom. The summed E-state index contributed by atoms with van der Waals surface area (Å²) in [5, 5.41) is 0. The molecule has 1 fully saturated rings. The zero-order valence-corrected chi connectivity index (χ0v) is 8.51. The lowest BCUT2D eigenvalue weighted by atomic mass is 10.1. The molecule has 0 radical (unpaired) electrons. The first kappa shape index (κ1) is 9.56. The number of nitrogens with zero attached hydrogens (tertiary/aromatic N) is 2. The molecule has 0 aliphatic carbocycles. The molecule has 0 aromatic heterocycles. The summed E-state index contributed by atoms with van der Waals surface area (Å²) in [4.78, 5) is 6.97. The first-order valence-corrected chi connectivity index (χ1v) is 5.05. The molecule has 0 aromatic rings. The van der Waals surface area contributed by atoms with Crippen molar-refractivity contribution in [1.82, 2.24) is 4.90 Å². The van der Waals surface area contributed by atoms with Crippen LogP contribution in [-0.2, 0) is 0 Å². The predicted octanol–water partition coefficient (Wildman–Crippen LogP) is 2.30. The fraction of sp³-hybridized carbons (Fsp3) is 0.900. The Kier molecular flexibility index (Phi) is 3.57. The SMILES string of the molecule is CC/N=C1\CCCCN1C(C)C. The highest BCUT2D eigenvalue weighted by molar-refractivity contribution is 5.83. The van der Waals surface area contributed by atoms with Crippen LogP contribution < -0.4 is 0 Å². The van der Waals surface area contributed by atoms with Gasteiger partial charge in [0.05, 0.1) is 5.84 Å². The quantitative estimate of drug-likeness (QED) is 0.617. The molecule has 70 valence electrons. The van der Waals surface area contributed by atoms with Gasteiger partial charge in [-0.2, -0.15) is 0 Å². The summed E-state index contributed by atoms with van der Waals surface area (Å²) in [6, 6.07) is 0.621. The van der Waals surface area contributed by atoms with Gasteiger partial charge in [0.15, 0.2) is 0 Å². The van der Waals surface area contributed by atoms with Crippen molar-refractivity contribution in [1.29, 1.82) is 0 Å². The van der Waals surface area contributed by atoms with E-state index in [1.807, 2.05) is 0 Å². The van der Waals surface area contributed by atoms with Gasteiger partial charge in [0, 0.05) is 25.6 Å². The molecule has 0 spiro atoms. The van der Waals surface area contributed by atoms with Crippen LogP contribution in [0.5, 0.6) is 0 Å². The first-order valence-electron chi connectivity index (χ1n) is 5.05. The molecule has 12 heavy (non-hydrogen) atoms. The number of hydrogen-bond acceptors (Lipinski definition) is 1. The zero-order valence-electron chi connectivity index (χ0n) is 8.51. The largest absolute Gasteiger partial charge is 0.358 e. The lowest BCUT2D eigenvalue weighted by Gasteiger charge is -2.33. The summed E-state index contributed by atoms with van der Waals surface area (Å²) in [6.45, 7) is 8.74. The molecule has 1 aliphatic rings. The van der Waals surface area contributed by atoms with Gasteiger partial charge in [0.2, 0.25) is 0 Å². The van der Waals surface area contributed by atoms with Crippen molar-refractivity contribution in [3.8, 4) is 0 Å². The van der Waals surface area contributed by atoms with Crippen molar-refractivity contribution in [2.75, 3.05) is 13.1 Å². The van der Waals surface area contributed by atoms with Crippen LogP contribution in [0.4, 0.5) is 0 Å². The molecule has 1 heterocycles. The van der Waals surface area contributed by atoms with Crippen LogP contribution in [0.15, 0.2) is 4.99 Å². The van der Waals surface area contributed by atoms with E-state index in [0.29, 0.717) is 6.04 Å². The Hall–Kier alpha value is -0.530. The van der Waals surface area contributed by atoms with Gasteiger partial charge >= 0.3 is 0 Å². The summed E-state index contributed by atoms with van der Waals surface area (Å²) in [6.07, 6.45) is 3.84. The van der Waals surface area contributed by atoms with Gasteiger partial charge in [0.25, 0.3) is 0 Å². The third-order valence-corrected chi connectivity index (χ3v) is 2.34. The van der Waals surface area contributed by atoms with E-state index >= 15 is 0 Å². The summed E-state index contributed by atoms with van der Waals surface area (Å²) < 4.78 is 0. The monoisotopic (exact) mass is 168 g/mol. The first-order chi connectivity index (χ1) is 5.75. The maximum atomic E-state index is 4.53. The molecule has 2 heteroatoms. The number of hydrogen-bond donors (Lipinski definition) is 0. The highest BCUT2D eigenvalue weighted by Crippen LogP contribution is 2.14. The second-order valence-corrected chi connectivity index (χ2v) is 3.63. The molecule has 0 amide bonds. The maximum Gasteiger partial charge on any atom is 0.0991 e. The molecule has 1 saturated heterocycles. The summed E-state index contributed by atoms with van der Waals surface area (Å²) in [5.41, 5.74) is 0. The Morgan fingerprint density at radius 1 is 1.42 bits per heavy atom. The van der Waals surface area contributed by atoms with Crippen molar-refractivity contribution >= 4 is 5.84 Å². The van der Waals surface area contributed by atoms with Gasteiger partial charge in [-0.05, 0) is 33.6 Å². The van der Waals surface area contributed by atoms with E-state index in [-0.39, 0.29) is 0 Å². The second-order valence-electron chi connectivity index (χ2n) is 3.63. The van der Waals surface area contributed by atoms with Crippen LogP contribution in [-0.4, -0.2) is 29.9 Å². The van der Waals surface area contributed by atoms with Gasteiger partial charge in [-0.15, -0.1) is 0 Å². The van der Waals surface area contributed by atoms with Crippen molar-refractivity contribution in [3.63, 3.8) is 0 Å². The molecule has 0 unspecified atom stereocenters. The molecular formula is C10H20N2. The minimum Gasteiger partial charge on any atom is -0.358 e. The lowest BCUT2D eigenvalue weighted by molar-refractivity contribution is 0.312. The van der Waals surface area contributed by atoms with Crippen LogP contribution in [0.25, 0.3) is 0 Å². The molecule has 0 N–H and O–H groups in total. The van der Waals surface area contributed by atoms with E-state index in [0.717, 1.165) is 6.54 Å². The molecule has 1 rings (SSSR count). The van der Waals surface area contributed by atoms with Crippen molar-refractivity contribution in [2.24, 2.45) is 4.99 Å². The van der Waals surface area contributed by atoms with Gasteiger partial charge < -0.3 is 4.90 Å². The van der Waals surface area contributed by atoms with E-state index in [2.05, 4.69) is 30.7 Å². The van der Waals surface area contributed by atoms with E-state index in [4.69, 9.17) is 0 Å². The molecule has 0 aromatic carbocycles. The maximum absolute atomic E-state index is 4.53. The van der Waals surface area contributed by atoms with Crippen LogP contribution in [0, 0.1) is 0 Å². The Morgan fingerprint density at radius 2 is 2.17 bits per heavy atom. The van der Waals surface area contributed by atoms with Gasteiger partial charge in [-0.3, -0.25) is 4.99 Å². The van der Waals surface area contributed by atoms with Gasteiger partial charge in [-0.1, -0.05) is 0 Å². The van der Waals surface area contributed by atoms with Gasteiger partial charge in [-0.25, -0.2) is 0 Å². The Bertz CT molecular complexity index is 161. The zero-order chi connectivity index (χ0) is 8.97. The Balaban J connectivity index is 2.60. The van der Waals surface area contributed by atoms with Crippen LogP contribution in [0.2, 0.25) is 0 Å². The minimum atomic E-state index is 0.621. The lowest BCUT2D eigenvalue weighted by Crippen LogP contribution is -2.40. The fourth-order valence-electron chi connectivity index (χ4n) is 1.75. The summed E-state index contributed by atoms with van der Waals surface area (Å²) >= 11 is 0. The van der Waals surface area contributed by atoms with E-state index in [1.165, 1.54) is 31.6 Å². The molecule has 0 atom stereocenters. The van der Waals surface area contributed by atoms with Crippen LogP contribution in [0.3, 0.4) is 0 Å².